The van der Waals surface area contributed by atoms with Gasteiger partial charge in [0.15, 0.2) is 0 Å². The van der Waals surface area contributed by atoms with Gasteiger partial charge >= 0.3 is 0 Å². The van der Waals surface area contributed by atoms with Crippen LogP contribution in [0, 0.1) is 11.8 Å². The minimum Gasteiger partial charge on any atom is -0.495 e. The number of hydrogen-bond donors (Lipinski definition) is 6. The van der Waals surface area contributed by atoms with E-state index in [1.165, 1.54) is 31.6 Å². The predicted molar refractivity (Wildman–Crippen MR) is 116 cm³/mol. The number of amides is 3. The largest absolute Gasteiger partial charge is 0.495 e. The SMILES string of the molecule is COc1cc(C(=O)NC(C(=O)NO)C(C)O)ccc1C#Cc1ccc(NC(=O)CN)cc1. The summed E-state index contributed by atoms with van der Waals surface area (Å²) in [5.41, 5.74) is 8.64. The Balaban J connectivity index is 2.18. The van der Waals surface area contributed by atoms with E-state index in [1.54, 1.807) is 30.3 Å². The average molecular weight is 440 g/mol. The van der Waals surface area contributed by atoms with Crippen molar-refractivity contribution in [2.45, 2.75) is 19.1 Å². The lowest BCUT2D eigenvalue weighted by atomic mass is 10.1. The lowest BCUT2D eigenvalue weighted by molar-refractivity contribution is -0.133. The van der Waals surface area contributed by atoms with Crippen molar-refractivity contribution in [1.82, 2.24) is 10.8 Å². The van der Waals surface area contributed by atoms with Gasteiger partial charge in [0.1, 0.15) is 11.8 Å². The van der Waals surface area contributed by atoms with Gasteiger partial charge in [-0.3, -0.25) is 19.6 Å². The quantitative estimate of drug-likeness (QED) is 0.200. The van der Waals surface area contributed by atoms with Crippen LogP contribution >= 0.6 is 0 Å². The summed E-state index contributed by atoms with van der Waals surface area (Å²) in [6.45, 7) is 1.20. The number of aliphatic hydroxyl groups is 1. The minimum absolute atomic E-state index is 0.107. The number of nitrogens with two attached hydrogens (primary N) is 1. The Bertz CT molecular complexity index is 1040. The molecular formula is C22H24N4O6. The van der Waals surface area contributed by atoms with E-state index in [-0.39, 0.29) is 18.0 Å². The minimum atomic E-state index is -1.34. The van der Waals surface area contributed by atoms with Crippen LogP contribution in [0.3, 0.4) is 0 Å². The Morgan fingerprint density at radius 1 is 1.12 bits per heavy atom. The first-order chi connectivity index (χ1) is 15.3. The molecular weight excluding hydrogens is 416 g/mol. The Labute approximate surface area is 184 Å². The molecule has 10 nitrogen and oxygen atoms in total. The highest BCUT2D eigenvalue weighted by Gasteiger charge is 2.26. The zero-order valence-electron chi connectivity index (χ0n) is 17.5. The van der Waals surface area contributed by atoms with Gasteiger partial charge in [0.25, 0.3) is 11.8 Å². The first-order valence-corrected chi connectivity index (χ1v) is 9.52. The van der Waals surface area contributed by atoms with E-state index in [2.05, 4.69) is 22.5 Å². The number of hydrogen-bond acceptors (Lipinski definition) is 7. The normalized spacial score (nSPS) is 11.9. The van der Waals surface area contributed by atoms with Gasteiger partial charge in [-0.2, -0.15) is 0 Å². The molecule has 0 aliphatic heterocycles. The van der Waals surface area contributed by atoms with Crippen LogP contribution in [0.15, 0.2) is 42.5 Å². The molecule has 0 aliphatic carbocycles. The molecule has 0 saturated carbocycles. The molecule has 0 heterocycles. The van der Waals surface area contributed by atoms with Crippen LogP contribution < -0.4 is 26.6 Å². The smallest absolute Gasteiger partial charge is 0.268 e. The van der Waals surface area contributed by atoms with Crippen molar-refractivity contribution in [2.24, 2.45) is 5.73 Å². The zero-order chi connectivity index (χ0) is 23.7. The van der Waals surface area contributed by atoms with Crippen molar-refractivity contribution >= 4 is 23.4 Å². The van der Waals surface area contributed by atoms with Gasteiger partial charge in [-0.1, -0.05) is 11.8 Å². The molecule has 0 aromatic heterocycles. The number of anilines is 1. The van der Waals surface area contributed by atoms with E-state index >= 15 is 0 Å². The molecule has 3 amide bonds. The maximum Gasteiger partial charge on any atom is 0.268 e. The number of nitrogens with one attached hydrogen (secondary N) is 3. The number of ether oxygens (including phenoxy) is 1. The molecule has 10 heteroatoms. The molecule has 32 heavy (non-hydrogen) atoms. The van der Waals surface area contributed by atoms with Crippen molar-refractivity contribution in [3.8, 4) is 17.6 Å². The second-order valence-corrected chi connectivity index (χ2v) is 6.66. The molecule has 2 rings (SSSR count). The molecule has 2 aromatic carbocycles. The number of carbonyl (C=O) groups excluding carboxylic acids is 3. The maximum absolute atomic E-state index is 12.5. The van der Waals surface area contributed by atoms with Crippen LogP contribution in [-0.2, 0) is 9.59 Å². The van der Waals surface area contributed by atoms with E-state index in [4.69, 9.17) is 15.7 Å². The molecule has 2 aromatic rings. The first-order valence-electron chi connectivity index (χ1n) is 9.52. The van der Waals surface area contributed by atoms with E-state index in [0.717, 1.165) is 0 Å². The number of methoxy groups -OCH3 is 1. The van der Waals surface area contributed by atoms with Gasteiger partial charge in [-0.05, 0) is 49.4 Å². The highest BCUT2D eigenvalue weighted by atomic mass is 16.5. The van der Waals surface area contributed by atoms with Crippen LogP contribution in [0.2, 0.25) is 0 Å². The van der Waals surface area contributed by atoms with Crippen LogP contribution in [0.5, 0.6) is 5.75 Å². The molecule has 0 fully saturated rings. The summed E-state index contributed by atoms with van der Waals surface area (Å²) >= 11 is 0. The fraction of sp³-hybridized carbons (Fsp3) is 0.227. The van der Waals surface area contributed by atoms with E-state index in [9.17, 15) is 19.5 Å². The molecule has 168 valence electrons. The molecule has 0 bridgehead atoms. The maximum atomic E-state index is 12.5. The molecule has 0 saturated heterocycles. The summed E-state index contributed by atoms with van der Waals surface area (Å²) in [4.78, 5) is 35.4. The van der Waals surface area contributed by atoms with Gasteiger partial charge in [0.05, 0.1) is 25.3 Å². The van der Waals surface area contributed by atoms with Gasteiger partial charge in [0, 0.05) is 16.8 Å². The van der Waals surface area contributed by atoms with Crippen molar-refractivity contribution in [2.75, 3.05) is 19.0 Å². The Kier molecular flexibility index (Phi) is 8.73. The predicted octanol–water partition coefficient (Wildman–Crippen LogP) is -0.0232. The summed E-state index contributed by atoms with van der Waals surface area (Å²) in [6, 6.07) is 10.0. The third-order valence-electron chi connectivity index (χ3n) is 4.32. The number of carbonyl (C=O) groups is 3. The van der Waals surface area contributed by atoms with Gasteiger partial charge in [-0.25, -0.2) is 5.48 Å². The first kappa shape index (κ1) is 24.4. The number of hydroxylamine groups is 1. The Morgan fingerprint density at radius 2 is 1.81 bits per heavy atom. The number of benzene rings is 2. The third kappa shape index (κ3) is 6.55. The molecule has 0 spiro atoms. The summed E-state index contributed by atoms with van der Waals surface area (Å²) in [6.07, 6.45) is -1.23. The lowest BCUT2D eigenvalue weighted by Crippen LogP contribution is -2.51. The standard InChI is InChI=1S/C22H24N4O6/c1-13(27)20(22(30)26-31)25-21(29)16-8-7-15(18(11-16)32-2)6-3-14-4-9-17(10-5-14)24-19(28)12-23/h4-5,7-11,13,20,27,31H,12,23H2,1-2H3,(H,24,28)(H,25,29)(H,26,30). The Morgan fingerprint density at radius 3 is 2.38 bits per heavy atom. The Hall–Kier alpha value is -3.91. The molecule has 7 N–H and O–H groups in total. The molecule has 0 aliphatic rings. The zero-order valence-corrected chi connectivity index (χ0v) is 17.5. The van der Waals surface area contributed by atoms with Crippen LogP contribution in [0.4, 0.5) is 5.69 Å². The fourth-order valence-corrected chi connectivity index (χ4v) is 2.62. The van der Waals surface area contributed by atoms with E-state index < -0.39 is 24.0 Å². The average Bonchev–Trinajstić information content (AvgIpc) is 2.80. The second-order valence-electron chi connectivity index (χ2n) is 6.66. The van der Waals surface area contributed by atoms with Gasteiger partial charge in [0.2, 0.25) is 5.91 Å². The monoisotopic (exact) mass is 440 g/mol. The number of rotatable bonds is 7. The highest BCUT2D eigenvalue weighted by molar-refractivity contribution is 5.98. The van der Waals surface area contributed by atoms with Crippen molar-refractivity contribution in [1.29, 1.82) is 0 Å². The third-order valence-corrected chi connectivity index (χ3v) is 4.32. The summed E-state index contributed by atoms with van der Waals surface area (Å²) < 4.78 is 5.31. The number of aliphatic hydroxyl groups excluding tert-OH is 1. The van der Waals surface area contributed by atoms with E-state index in [1.807, 2.05) is 0 Å². The van der Waals surface area contributed by atoms with Crippen LogP contribution in [0.1, 0.15) is 28.4 Å². The summed E-state index contributed by atoms with van der Waals surface area (Å²) in [7, 11) is 1.43. The lowest BCUT2D eigenvalue weighted by Gasteiger charge is -2.19. The topological polar surface area (TPSA) is 163 Å². The molecule has 0 radical (unpaired) electrons. The summed E-state index contributed by atoms with van der Waals surface area (Å²) in [5, 5.41) is 23.4. The molecule has 2 atom stereocenters. The highest BCUT2D eigenvalue weighted by Crippen LogP contribution is 2.20. The second kappa shape index (κ2) is 11.5. The molecule has 2 unspecified atom stereocenters. The van der Waals surface area contributed by atoms with E-state index in [0.29, 0.717) is 22.6 Å². The fourth-order valence-electron chi connectivity index (χ4n) is 2.62. The van der Waals surface area contributed by atoms with Gasteiger partial charge in [-0.15, -0.1) is 0 Å². The summed E-state index contributed by atoms with van der Waals surface area (Å²) in [5.74, 6) is 4.36. The van der Waals surface area contributed by atoms with Crippen molar-refractivity contribution in [3.63, 3.8) is 0 Å². The van der Waals surface area contributed by atoms with Crippen LogP contribution in [0.25, 0.3) is 0 Å². The van der Waals surface area contributed by atoms with Gasteiger partial charge < -0.3 is 26.2 Å². The van der Waals surface area contributed by atoms with Crippen molar-refractivity contribution in [3.05, 3.63) is 59.2 Å². The van der Waals surface area contributed by atoms with Crippen LogP contribution in [-0.4, -0.2) is 53.8 Å². The van der Waals surface area contributed by atoms with Crippen molar-refractivity contribution < 1.29 is 29.4 Å².